The van der Waals surface area contributed by atoms with Crippen LogP contribution < -0.4 is 0 Å². The third-order valence-corrected chi connectivity index (χ3v) is 8.08. The van der Waals surface area contributed by atoms with Crippen LogP contribution in [0.4, 0.5) is 0 Å². The maximum Gasteiger partial charge on any atom is 0.136 e. The first-order chi connectivity index (χ1) is 23.7. The van der Waals surface area contributed by atoms with E-state index < -0.39 is 24.2 Å². The molecule has 9 rings (SSSR count). The molecule has 9 aromatic rings. The molecule has 0 aliphatic carbocycles. The summed E-state index contributed by atoms with van der Waals surface area (Å²) < 4.78 is 78.3. The van der Waals surface area contributed by atoms with Crippen molar-refractivity contribution >= 4 is 65.0 Å². The molecule has 1 heteroatoms. The van der Waals surface area contributed by atoms with E-state index in [1.165, 1.54) is 0 Å². The van der Waals surface area contributed by atoms with Gasteiger partial charge in [0.05, 0.1) is 11.0 Å². The Morgan fingerprint density at radius 1 is 0.439 bits per heavy atom. The quantitative estimate of drug-likeness (QED) is 0.203. The topological polar surface area (TPSA) is 13.1 Å². The fraction of sp³-hybridized carbons (Fsp3) is 0. The molecule has 8 aromatic carbocycles. The highest BCUT2D eigenvalue weighted by molar-refractivity contribution is 6.24. The summed E-state index contributed by atoms with van der Waals surface area (Å²) in [6, 6.07) is 27.9. The highest BCUT2D eigenvalue weighted by Crippen LogP contribution is 2.46. The molecule has 0 spiro atoms. The molecular formula is C40H24O. The third-order valence-electron chi connectivity index (χ3n) is 8.08. The van der Waals surface area contributed by atoms with Crippen LogP contribution in [0.5, 0.6) is 0 Å². The molecule has 0 saturated carbocycles. The predicted octanol–water partition coefficient (Wildman–Crippen LogP) is 11.5. The number of hydrogen-bond donors (Lipinski definition) is 0. The first kappa shape index (κ1) is 16.0. The molecule has 0 unspecified atom stereocenters. The summed E-state index contributed by atoms with van der Waals surface area (Å²) in [7, 11) is 0. The standard InChI is InChI=1S/C40H24O/c1-3-13-28-25(10-1)12-9-19-30(28)39-33-17-7-5-15-31(33)38(32-16-6-8-18-34(32)39)27-20-22-35-37(24-27)41-36-23-21-26-11-2-4-14-29(26)40(35)36/h1-24H/i5D,6D,7D,8D,15D,16D,17D,18D. The number of rotatable bonds is 2. The van der Waals surface area contributed by atoms with Gasteiger partial charge in [-0.25, -0.2) is 0 Å². The van der Waals surface area contributed by atoms with Crippen molar-refractivity contribution in [3.8, 4) is 22.3 Å². The van der Waals surface area contributed by atoms with Crippen molar-refractivity contribution in [3.05, 3.63) is 145 Å². The Hall–Kier alpha value is -5.40. The fourth-order valence-corrected chi connectivity index (χ4v) is 6.33. The molecule has 1 aromatic heterocycles. The zero-order valence-electron chi connectivity index (χ0n) is 29.6. The molecular weight excluding hydrogens is 496 g/mol. The Labute approximate surface area is 248 Å². The zero-order chi connectivity index (χ0) is 33.9. The summed E-state index contributed by atoms with van der Waals surface area (Å²) in [5.41, 5.74) is 2.97. The van der Waals surface area contributed by atoms with Crippen LogP contribution in [0.15, 0.2) is 150 Å². The van der Waals surface area contributed by atoms with Crippen LogP contribution in [0.2, 0.25) is 0 Å². The minimum Gasteiger partial charge on any atom is -0.456 e. The molecule has 0 radical (unpaired) electrons. The SMILES string of the molecule is [2H]c1c([2H])c([2H])c2c(-c3cccc4ccccc34)c3c([2H])c([2H])c([2H])c([2H])c3c(-c3ccc4c(c3)oc3ccc5ccccc5c34)c2c1[2H]. The summed E-state index contributed by atoms with van der Waals surface area (Å²) in [6.45, 7) is 0. The third kappa shape index (κ3) is 3.24. The van der Waals surface area contributed by atoms with Crippen molar-refractivity contribution in [3.63, 3.8) is 0 Å². The van der Waals surface area contributed by atoms with Crippen molar-refractivity contribution in [2.24, 2.45) is 0 Å². The summed E-state index contributed by atoms with van der Waals surface area (Å²) in [5, 5.41) is 6.30. The van der Waals surface area contributed by atoms with E-state index >= 15 is 0 Å². The van der Waals surface area contributed by atoms with E-state index in [4.69, 9.17) is 9.90 Å². The number of hydrogen-bond acceptors (Lipinski definition) is 1. The average molecular weight is 529 g/mol. The van der Waals surface area contributed by atoms with Gasteiger partial charge >= 0.3 is 0 Å². The molecule has 0 fully saturated rings. The van der Waals surface area contributed by atoms with E-state index in [0.717, 1.165) is 32.3 Å². The van der Waals surface area contributed by atoms with Crippen molar-refractivity contribution in [2.45, 2.75) is 0 Å². The summed E-state index contributed by atoms with van der Waals surface area (Å²) in [5.74, 6) is 0. The van der Waals surface area contributed by atoms with E-state index in [1.54, 1.807) is 6.07 Å². The van der Waals surface area contributed by atoms with Gasteiger partial charge in [-0.05, 0) is 83.5 Å². The van der Waals surface area contributed by atoms with Crippen molar-refractivity contribution in [1.82, 2.24) is 0 Å². The predicted molar refractivity (Wildman–Crippen MR) is 175 cm³/mol. The lowest BCUT2D eigenvalue weighted by atomic mass is 9.84. The van der Waals surface area contributed by atoms with E-state index in [9.17, 15) is 5.48 Å². The number of benzene rings is 8. The molecule has 0 atom stereocenters. The van der Waals surface area contributed by atoms with Gasteiger partial charge in [0, 0.05) is 10.8 Å². The van der Waals surface area contributed by atoms with Gasteiger partial charge in [0.25, 0.3) is 0 Å². The molecule has 1 nitrogen and oxygen atoms in total. The highest BCUT2D eigenvalue weighted by atomic mass is 16.3. The molecule has 190 valence electrons. The van der Waals surface area contributed by atoms with E-state index in [-0.39, 0.29) is 45.7 Å². The molecule has 0 amide bonds. The van der Waals surface area contributed by atoms with Crippen molar-refractivity contribution < 1.29 is 15.4 Å². The van der Waals surface area contributed by atoms with E-state index in [2.05, 4.69) is 0 Å². The summed E-state index contributed by atoms with van der Waals surface area (Å²) in [6.07, 6.45) is 0. The molecule has 41 heavy (non-hydrogen) atoms. The van der Waals surface area contributed by atoms with Crippen LogP contribution in [0.25, 0.3) is 87.3 Å². The molecule has 0 N–H and O–H groups in total. The van der Waals surface area contributed by atoms with Gasteiger partial charge in [-0.15, -0.1) is 0 Å². The molecule has 0 aliphatic heterocycles. The maximum atomic E-state index is 9.27. The van der Waals surface area contributed by atoms with Crippen LogP contribution in [-0.2, 0) is 0 Å². The Morgan fingerprint density at radius 3 is 1.78 bits per heavy atom. The highest BCUT2D eigenvalue weighted by Gasteiger charge is 2.19. The fourth-order valence-electron chi connectivity index (χ4n) is 6.33. The van der Waals surface area contributed by atoms with Gasteiger partial charge in [-0.2, -0.15) is 0 Å². The van der Waals surface area contributed by atoms with Crippen molar-refractivity contribution in [1.29, 1.82) is 0 Å². The Bertz CT molecular complexity index is 2840. The van der Waals surface area contributed by atoms with Gasteiger partial charge in [0.2, 0.25) is 0 Å². The van der Waals surface area contributed by atoms with E-state index in [0.29, 0.717) is 33.4 Å². The maximum absolute atomic E-state index is 9.27. The molecule has 0 saturated heterocycles. The molecule has 0 aliphatic rings. The Morgan fingerprint density at radius 2 is 1.05 bits per heavy atom. The lowest BCUT2D eigenvalue weighted by Gasteiger charge is -2.18. The van der Waals surface area contributed by atoms with Gasteiger partial charge < -0.3 is 4.42 Å². The summed E-state index contributed by atoms with van der Waals surface area (Å²) >= 11 is 0. The van der Waals surface area contributed by atoms with Crippen molar-refractivity contribution in [2.75, 3.05) is 0 Å². The van der Waals surface area contributed by atoms with Gasteiger partial charge in [0.15, 0.2) is 0 Å². The normalized spacial score (nSPS) is 14.6. The average Bonchev–Trinajstić information content (AvgIpc) is 3.51. The smallest absolute Gasteiger partial charge is 0.136 e. The Kier molecular flexibility index (Phi) is 3.34. The minimum absolute atomic E-state index is 0.173. The first-order valence-corrected chi connectivity index (χ1v) is 13.5. The lowest BCUT2D eigenvalue weighted by Crippen LogP contribution is -1.91. The van der Waals surface area contributed by atoms with Crippen LogP contribution in [0.1, 0.15) is 11.0 Å². The molecule has 1 heterocycles. The number of furan rings is 1. The van der Waals surface area contributed by atoms with Gasteiger partial charge in [0.1, 0.15) is 11.2 Å². The number of fused-ring (bicyclic) bond motifs is 8. The lowest BCUT2D eigenvalue weighted by molar-refractivity contribution is 0.669. The van der Waals surface area contributed by atoms with Gasteiger partial charge in [-0.1, -0.05) is 127 Å². The van der Waals surface area contributed by atoms with E-state index in [1.807, 2.05) is 91.0 Å². The second kappa shape index (κ2) is 8.55. The second-order valence-corrected chi connectivity index (χ2v) is 10.2. The summed E-state index contributed by atoms with van der Waals surface area (Å²) in [4.78, 5) is 0. The van der Waals surface area contributed by atoms with Crippen LogP contribution >= 0.6 is 0 Å². The monoisotopic (exact) mass is 528 g/mol. The largest absolute Gasteiger partial charge is 0.456 e. The zero-order valence-corrected chi connectivity index (χ0v) is 21.6. The molecule has 0 bridgehead atoms. The van der Waals surface area contributed by atoms with Crippen LogP contribution in [0.3, 0.4) is 0 Å². The van der Waals surface area contributed by atoms with Gasteiger partial charge in [-0.3, -0.25) is 0 Å². The second-order valence-electron chi connectivity index (χ2n) is 10.2. The minimum atomic E-state index is -0.431. The Balaban J connectivity index is 1.53. The first-order valence-electron chi connectivity index (χ1n) is 17.5. The van der Waals surface area contributed by atoms with Crippen LogP contribution in [-0.4, -0.2) is 0 Å². The van der Waals surface area contributed by atoms with Crippen LogP contribution in [0, 0.1) is 0 Å².